The Labute approximate surface area is 75.1 Å². The van der Waals surface area contributed by atoms with Gasteiger partial charge >= 0.3 is 0 Å². The largest absolute Gasteiger partial charge is 0.378 e. The lowest BCUT2D eigenvalue weighted by Gasteiger charge is -2.34. The lowest BCUT2D eigenvalue weighted by atomic mass is 10.2. The van der Waals surface area contributed by atoms with Crippen molar-refractivity contribution in [3.8, 4) is 0 Å². The molecule has 0 aromatic carbocycles. The Hall–Kier alpha value is -0.120. The van der Waals surface area contributed by atoms with E-state index in [4.69, 9.17) is 4.74 Å². The topological polar surface area (TPSA) is 24.5 Å². The molecule has 1 rings (SSSR count). The SMILES string of the molecule is CCNCC1COCCN1CC. The van der Waals surface area contributed by atoms with E-state index in [2.05, 4.69) is 24.1 Å². The molecule has 3 heteroatoms. The van der Waals surface area contributed by atoms with Crippen LogP contribution in [-0.2, 0) is 4.74 Å². The zero-order valence-electron chi connectivity index (χ0n) is 8.18. The van der Waals surface area contributed by atoms with Gasteiger partial charge in [0, 0.05) is 19.1 Å². The molecule has 0 bridgehead atoms. The summed E-state index contributed by atoms with van der Waals surface area (Å²) in [7, 11) is 0. The number of nitrogens with one attached hydrogen (secondary N) is 1. The predicted molar refractivity (Wildman–Crippen MR) is 50.4 cm³/mol. The van der Waals surface area contributed by atoms with E-state index in [9.17, 15) is 0 Å². The van der Waals surface area contributed by atoms with Gasteiger partial charge in [-0.25, -0.2) is 0 Å². The first-order chi connectivity index (χ1) is 5.88. The van der Waals surface area contributed by atoms with E-state index >= 15 is 0 Å². The van der Waals surface area contributed by atoms with Crippen molar-refractivity contribution in [3.63, 3.8) is 0 Å². The van der Waals surface area contributed by atoms with Gasteiger partial charge in [-0.15, -0.1) is 0 Å². The smallest absolute Gasteiger partial charge is 0.0634 e. The highest BCUT2D eigenvalue weighted by atomic mass is 16.5. The van der Waals surface area contributed by atoms with E-state index in [-0.39, 0.29) is 0 Å². The molecule has 1 fully saturated rings. The molecule has 0 spiro atoms. The van der Waals surface area contributed by atoms with Crippen molar-refractivity contribution in [2.24, 2.45) is 0 Å². The van der Waals surface area contributed by atoms with Crippen LogP contribution in [0.3, 0.4) is 0 Å². The summed E-state index contributed by atoms with van der Waals surface area (Å²) in [6.45, 7) is 10.5. The highest BCUT2D eigenvalue weighted by Gasteiger charge is 2.20. The normalized spacial score (nSPS) is 26.0. The lowest BCUT2D eigenvalue weighted by molar-refractivity contribution is -0.00394. The van der Waals surface area contributed by atoms with Crippen LogP contribution in [0.5, 0.6) is 0 Å². The molecule has 0 radical (unpaired) electrons. The Morgan fingerprint density at radius 1 is 1.50 bits per heavy atom. The highest BCUT2D eigenvalue weighted by molar-refractivity contribution is 4.75. The number of hydrogen-bond acceptors (Lipinski definition) is 3. The molecular formula is C9H20N2O. The number of likely N-dealkylation sites (N-methyl/N-ethyl adjacent to an activating group) is 2. The lowest BCUT2D eigenvalue weighted by Crippen LogP contribution is -2.50. The molecule has 0 amide bonds. The summed E-state index contributed by atoms with van der Waals surface area (Å²) >= 11 is 0. The predicted octanol–water partition coefficient (Wildman–Crippen LogP) is 0.317. The van der Waals surface area contributed by atoms with Gasteiger partial charge in [-0.1, -0.05) is 13.8 Å². The van der Waals surface area contributed by atoms with Gasteiger partial charge in [0.1, 0.15) is 0 Å². The van der Waals surface area contributed by atoms with Gasteiger partial charge in [-0.3, -0.25) is 4.90 Å². The highest BCUT2D eigenvalue weighted by Crippen LogP contribution is 2.04. The first-order valence-electron chi connectivity index (χ1n) is 4.91. The zero-order valence-corrected chi connectivity index (χ0v) is 8.18. The van der Waals surface area contributed by atoms with Gasteiger partial charge < -0.3 is 10.1 Å². The summed E-state index contributed by atoms with van der Waals surface area (Å²) in [4.78, 5) is 2.48. The zero-order chi connectivity index (χ0) is 8.81. The molecule has 12 heavy (non-hydrogen) atoms. The van der Waals surface area contributed by atoms with Crippen LogP contribution < -0.4 is 5.32 Å². The third kappa shape index (κ3) is 2.73. The molecule has 1 saturated heterocycles. The first-order valence-corrected chi connectivity index (χ1v) is 4.91. The summed E-state index contributed by atoms with van der Waals surface area (Å²) in [6, 6.07) is 0.587. The number of ether oxygens (including phenoxy) is 1. The molecule has 0 saturated carbocycles. The average Bonchev–Trinajstić information content (AvgIpc) is 2.15. The maximum Gasteiger partial charge on any atom is 0.0634 e. The van der Waals surface area contributed by atoms with E-state index in [1.807, 2.05) is 0 Å². The van der Waals surface area contributed by atoms with Crippen LogP contribution in [0.2, 0.25) is 0 Å². The van der Waals surface area contributed by atoms with Crippen LogP contribution >= 0.6 is 0 Å². The molecule has 1 N–H and O–H groups in total. The summed E-state index contributed by atoms with van der Waals surface area (Å²) in [5.41, 5.74) is 0. The number of hydrogen-bond donors (Lipinski definition) is 1. The summed E-state index contributed by atoms with van der Waals surface area (Å²) in [5.74, 6) is 0. The van der Waals surface area contributed by atoms with Crippen molar-refractivity contribution in [3.05, 3.63) is 0 Å². The van der Waals surface area contributed by atoms with E-state index in [0.717, 1.165) is 39.4 Å². The Kier molecular flexibility index (Phi) is 4.58. The molecule has 1 heterocycles. The van der Waals surface area contributed by atoms with Crippen LogP contribution in [0, 0.1) is 0 Å². The van der Waals surface area contributed by atoms with Crippen LogP contribution in [-0.4, -0.2) is 50.3 Å². The molecule has 72 valence electrons. The monoisotopic (exact) mass is 172 g/mol. The molecule has 0 aromatic heterocycles. The van der Waals surface area contributed by atoms with Crippen LogP contribution in [0.15, 0.2) is 0 Å². The Morgan fingerprint density at radius 3 is 3.00 bits per heavy atom. The minimum absolute atomic E-state index is 0.587. The number of nitrogens with zero attached hydrogens (tertiary/aromatic N) is 1. The van der Waals surface area contributed by atoms with Gasteiger partial charge in [-0.05, 0) is 13.1 Å². The van der Waals surface area contributed by atoms with Crippen LogP contribution in [0.1, 0.15) is 13.8 Å². The van der Waals surface area contributed by atoms with Crippen molar-refractivity contribution < 1.29 is 4.74 Å². The fourth-order valence-electron chi connectivity index (χ4n) is 1.60. The molecule has 0 aliphatic carbocycles. The quantitative estimate of drug-likeness (QED) is 0.661. The summed E-state index contributed by atoms with van der Waals surface area (Å²) < 4.78 is 5.43. The average molecular weight is 172 g/mol. The Morgan fingerprint density at radius 2 is 2.33 bits per heavy atom. The number of rotatable bonds is 4. The van der Waals surface area contributed by atoms with Gasteiger partial charge in [0.15, 0.2) is 0 Å². The van der Waals surface area contributed by atoms with E-state index in [1.54, 1.807) is 0 Å². The first kappa shape index (κ1) is 9.96. The fraction of sp³-hybridized carbons (Fsp3) is 1.00. The van der Waals surface area contributed by atoms with E-state index in [1.165, 1.54) is 0 Å². The molecule has 1 atom stereocenters. The molecule has 0 aromatic rings. The van der Waals surface area contributed by atoms with Gasteiger partial charge in [0.2, 0.25) is 0 Å². The summed E-state index contributed by atoms with van der Waals surface area (Å²) in [6.07, 6.45) is 0. The minimum atomic E-state index is 0.587. The number of morpholine rings is 1. The standard InChI is InChI=1S/C9H20N2O/c1-3-10-7-9-8-12-6-5-11(9)4-2/h9-10H,3-8H2,1-2H3. The van der Waals surface area contributed by atoms with Crippen molar-refractivity contribution in [1.82, 2.24) is 10.2 Å². The maximum absolute atomic E-state index is 5.43. The van der Waals surface area contributed by atoms with Gasteiger partial charge in [0.05, 0.1) is 13.2 Å². The van der Waals surface area contributed by atoms with Gasteiger partial charge in [0.25, 0.3) is 0 Å². The second-order valence-corrected chi connectivity index (χ2v) is 3.17. The van der Waals surface area contributed by atoms with E-state index in [0.29, 0.717) is 6.04 Å². The van der Waals surface area contributed by atoms with Crippen molar-refractivity contribution >= 4 is 0 Å². The summed E-state index contributed by atoms with van der Waals surface area (Å²) in [5, 5.41) is 3.36. The van der Waals surface area contributed by atoms with Crippen molar-refractivity contribution in [1.29, 1.82) is 0 Å². The second kappa shape index (κ2) is 5.51. The van der Waals surface area contributed by atoms with E-state index < -0.39 is 0 Å². The molecule has 1 aliphatic heterocycles. The van der Waals surface area contributed by atoms with Crippen molar-refractivity contribution in [2.45, 2.75) is 19.9 Å². The third-order valence-electron chi connectivity index (χ3n) is 2.39. The molecule has 1 aliphatic rings. The van der Waals surface area contributed by atoms with Crippen LogP contribution in [0.4, 0.5) is 0 Å². The second-order valence-electron chi connectivity index (χ2n) is 3.17. The van der Waals surface area contributed by atoms with Gasteiger partial charge in [-0.2, -0.15) is 0 Å². The fourth-order valence-corrected chi connectivity index (χ4v) is 1.60. The Balaban J connectivity index is 2.26. The maximum atomic E-state index is 5.43. The molecule has 3 nitrogen and oxygen atoms in total. The van der Waals surface area contributed by atoms with Crippen LogP contribution in [0.25, 0.3) is 0 Å². The van der Waals surface area contributed by atoms with Crippen molar-refractivity contribution in [2.75, 3.05) is 39.4 Å². The molecular weight excluding hydrogens is 152 g/mol. The minimum Gasteiger partial charge on any atom is -0.378 e. The Bertz CT molecular complexity index is 119. The third-order valence-corrected chi connectivity index (χ3v) is 2.39. The molecule has 1 unspecified atom stereocenters.